The fourth-order valence-electron chi connectivity index (χ4n) is 1.66. The number of aromatic amines is 1. The monoisotopic (exact) mass is 273 g/mol. The third-order valence-electron chi connectivity index (χ3n) is 3.37. The van der Waals surface area contributed by atoms with E-state index >= 15 is 0 Å². The van der Waals surface area contributed by atoms with Gasteiger partial charge in [-0.2, -0.15) is 5.10 Å². The van der Waals surface area contributed by atoms with Gasteiger partial charge >= 0.3 is 0 Å². The van der Waals surface area contributed by atoms with Crippen LogP contribution in [0.5, 0.6) is 0 Å². The summed E-state index contributed by atoms with van der Waals surface area (Å²) >= 11 is 0. The van der Waals surface area contributed by atoms with Crippen LogP contribution in [0.15, 0.2) is 36.4 Å². The lowest BCUT2D eigenvalue weighted by atomic mass is 9.98. The van der Waals surface area contributed by atoms with Crippen LogP contribution in [0.4, 0.5) is 0 Å². The van der Waals surface area contributed by atoms with E-state index in [0.717, 1.165) is 5.56 Å². The molecule has 20 heavy (non-hydrogen) atoms. The van der Waals surface area contributed by atoms with Crippen molar-refractivity contribution >= 4 is 5.91 Å². The molecule has 0 aliphatic carbocycles. The molecule has 5 nitrogen and oxygen atoms in total. The third kappa shape index (κ3) is 3.05. The molecule has 1 heterocycles. The maximum Gasteiger partial charge on any atom is 0.269 e. The van der Waals surface area contributed by atoms with Gasteiger partial charge in [-0.3, -0.25) is 9.89 Å². The van der Waals surface area contributed by atoms with Crippen LogP contribution in [-0.4, -0.2) is 32.9 Å². The molecule has 2 aromatic rings. The van der Waals surface area contributed by atoms with E-state index in [2.05, 4.69) is 15.5 Å². The van der Waals surface area contributed by atoms with Crippen LogP contribution in [0.3, 0.4) is 0 Å². The average molecular weight is 273 g/mol. The van der Waals surface area contributed by atoms with Gasteiger partial charge in [-0.15, -0.1) is 0 Å². The Bertz CT molecular complexity index is 588. The van der Waals surface area contributed by atoms with Crippen molar-refractivity contribution < 1.29 is 9.90 Å². The summed E-state index contributed by atoms with van der Waals surface area (Å²) in [5, 5.41) is 19.3. The van der Waals surface area contributed by atoms with Crippen molar-refractivity contribution in [1.29, 1.82) is 0 Å². The molecular weight excluding hydrogens is 254 g/mol. The second-order valence-corrected chi connectivity index (χ2v) is 5.38. The lowest BCUT2D eigenvalue weighted by Crippen LogP contribution is -2.51. The summed E-state index contributed by atoms with van der Waals surface area (Å²) in [4.78, 5) is 12.1. The predicted molar refractivity (Wildman–Crippen MR) is 77.2 cm³/mol. The van der Waals surface area contributed by atoms with E-state index in [1.54, 1.807) is 26.8 Å². The highest BCUT2D eigenvalue weighted by Gasteiger charge is 2.27. The van der Waals surface area contributed by atoms with Crippen molar-refractivity contribution in [3.8, 4) is 11.3 Å². The highest BCUT2D eigenvalue weighted by atomic mass is 16.3. The summed E-state index contributed by atoms with van der Waals surface area (Å²) in [7, 11) is 0. The molecular formula is C15H19N3O2. The highest BCUT2D eigenvalue weighted by Crippen LogP contribution is 2.17. The molecule has 1 amide bonds. The van der Waals surface area contributed by atoms with Crippen LogP contribution in [0, 0.1) is 0 Å². The number of nitrogens with one attached hydrogen (secondary N) is 2. The Kier molecular flexibility index (Phi) is 3.90. The molecule has 0 saturated carbocycles. The molecule has 0 saturated heterocycles. The standard InChI is InChI=1S/C15H19N3O2/c1-10(19)15(2,3)16-14(20)13-9-12(17-18-13)11-7-5-4-6-8-11/h4-10,19H,1-3H3,(H,16,20)(H,17,18). The van der Waals surface area contributed by atoms with Crippen LogP contribution in [-0.2, 0) is 0 Å². The number of amides is 1. The summed E-state index contributed by atoms with van der Waals surface area (Å²) in [5.41, 5.74) is 1.33. The van der Waals surface area contributed by atoms with Crippen LogP contribution < -0.4 is 5.32 Å². The fourth-order valence-corrected chi connectivity index (χ4v) is 1.66. The van der Waals surface area contributed by atoms with Crippen LogP contribution in [0.25, 0.3) is 11.3 Å². The number of hydrogen-bond donors (Lipinski definition) is 3. The van der Waals surface area contributed by atoms with E-state index in [-0.39, 0.29) is 5.91 Å². The molecule has 0 radical (unpaired) electrons. The van der Waals surface area contributed by atoms with Gasteiger partial charge in [0.05, 0.1) is 17.3 Å². The molecule has 1 aromatic heterocycles. The fraction of sp³-hybridized carbons (Fsp3) is 0.333. The number of hydrogen-bond acceptors (Lipinski definition) is 3. The summed E-state index contributed by atoms with van der Waals surface area (Å²) < 4.78 is 0. The molecule has 0 aliphatic heterocycles. The Hall–Kier alpha value is -2.14. The number of benzene rings is 1. The molecule has 1 aromatic carbocycles. The second-order valence-electron chi connectivity index (χ2n) is 5.38. The Balaban J connectivity index is 2.15. The maximum absolute atomic E-state index is 12.1. The van der Waals surface area contributed by atoms with E-state index in [1.165, 1.54) is 0 Å². The van der Waals surface area contributed by atoms with Gasteiger partial charge < -0.3 is 10.4 Å². The van der Waals surface area contributed by atoms with Crippen molar-refractivity contribution in [2.24, 2.45) is 0 Å². The summed E-state index contributed by atoms with van der Waals surface area (Å²) in [5.74, 6) is -0.286. The van der Waals surface area contributed by atoms with Crippen molar-refractivity contribution in [2.75, 3.05) is 0 Å². The van der Waals surface area contributed by atoms with Gasteiger partial charge in [-0.25, -0.2) is 0 Å². The number of H-pyrrole nitrogens is 1. The Labute approximate surface area is 118 Å². The minimum absolute atomic E-state index is 0.286. The van der Waals surface area contributed by atoms with Crippen molar-refractivity contribution in [3.05, 3.63) is 42.1 Å². The zero-order chi connectivity index (χ0) is 14.8. The van der Waals surface area contributed by atoms with E-state index < -0.39 is 11.6 Å². The quantitative estimate of drug-likeness (QED) is 0.797. The molecule has 1 atom stereocenters. The first-order chi connectivity index (χ1) is 9.40. The van der Waals surface area contributed by atoms with Gasteiger partial charge in [0, 0.05) is 5.56 Å². The molecule has 0 bridgehead atoms. The molecule has 0 fully saturated rings. The van der Waals surface area contributed by atoms with E-state index in [1.807, 2.05) is 30.3 Å². The van der Waals surface area contributed by atoms with Gasteiger partial charge in [0.2, 0.25) is 0 Å². The summed E-state index contributed by atoms with van der Waals surface area (Å²) in [6.07, 6.45) is -0.650. The zero-order valence-electron chi connectivity index (χ0n) is 11.8. The van der Waals surface area contributed by atoms with Gasteiger partial charge in [-0.05, 0) is 26.8 Å². The number of rotatable bonds is 4. The molecule has 3 N–H and O–H groups in total. The van der Waals surface area contributed by atoms with E-state index in [0.29, 0.717) is 11.4 Å². The molecule has 5 heteroatoms. The molecule has 1 unspecified atom stereocenters. The van der Waals surface area contributed by atoms with Crippen LogP contribution >= 0.6 is 0 Å². The van der Waals surface area contributed by atoms with Crippen LogP contribution in [0.2, 0.25) is 0 Å². The molecule has 2 rings (SSSR count). The van der Waals surface area contributed by atoms with Gasteiger partial charge in [0.1, 0.15) is 5.69 Å². The topological polar surface area (TPSA) is 78.0 Å². The molecule has 106 valence electrons. The minimum atomic E-state index is -0.699. The summed E-state index contributed by atoms with van der Waals surface area (Å²) in [6, 6.07) is 11.3. The normalized spacial score (nSPS) is 13.0. The highest BCUT2D eigenvalue weighted by molar-refractivity contribution is 5.93. The van der Waals surface area contributed by atoms with Gasteiger partial charge in [0.15, 0.2) is 0 Å². The first kappa shape index (κ1) is 14.3. The average Bonchev–Trinajstić information content (AvgIpc) is 2.88. The third-order valence-corrected chi connectivity index (χ3v) is 3.37. The first-order valence-electron chi connectivity index (χ1n) is 6.51. The second kappa shape index (κ2) is 5.46. The SMILES string of the molecule is CC(O)C(C)(C)NC(=O)c1cc(-c2ccccc2)n[nH]1. The lowest BCUT2D eigenvalue weighted by Gasteiger charge is -2.28. The molecule has 0 aliphatic rings. The Morgan fingerprint density at radius 3 is 2.60 bits per heavy atom. The maximum atomic E-state index is 12.1. The smallest absolute Gasteiger partial charge is 0.269 e. The first-order valence-corrected chi connectivity index (χ1v) is 6.51. The number of carbonyl (C=O) groups excluding carboxylic acids is 1. The number of aliphatic hydroxyl groups is 1. The number of carbonyl (C=O) groups is 1. The Morgan fingerprint density at radius 1 is 1.35 bits per heavy atom. The van der Waals surface area contributed by atoms with Gasteiger partial charge in [-0.1, -0.05) is 30.3 Å². The largest absolute Gasteiger partial charge is 0.391 e. The predicted octanol–water partition coefficient (Wildman–Crippen LogP) is 1.97. The lowest BCUT2D eigenvalue weighted by molar-refractivity contribution is 0.0705. The van der Waals surface area contributed by atoms with Crippen molar-refractivity contribution in [3.63, 3.8) is 0 Å². The van der Waals surface area contributed by atoms with E-state index in [4.69, 9.17) is 0 Å². The zero-order valence-corrected chi connectivity index (χ0v) is 11.8. The number of nitrogens with zero attached hydrogens (tertiary/aromatic N) is 1. The molecule has 0 spiro atoms. The number of aromatic nitrogens is 2. The van der Waals surface area contributed by atoms with Gasteiger partial charge in [0.25, 0.3) is 5.91 Å². The van der Waals surface area contributed by atoms with Crippen LogP contribution in [0.1, 0.15) is 31.3 Å². The Morgan fingerprint density at radius 2 is 2.00 bits per heavy atom. The minimum Gasteiger partial charge on any atom is -0.391 e. The van der Waals surface area contributed by atoms with E-state index in [9.17, 15) is 9.90 Å². The van der Waals surface area contributed by atoms with Crippen molar-refractivity contribution in [1.82, 2.24) is 15.5 Å². The van der Waals surface area contributed by atoms with Crippen molar-refractivity contribution in [2.45, 2.75) is 32.4 Å². The summed E-state index contributed by atoms with van der Waals surface area (Å²) in [6.45, 7) is 5.18. The number of aliphatic hydroxyl groups excluding tert-OH is 1.